The second kappa shape index (κ2) is 8.17. The predicted molar refractivity (Wildman–Crippen MR) is 109 cm³/mol. The molecule has 27 heavy (non-hydrogen) atoms. The van der Waals surface area contributed by atoms with Crippen LogP contribution in [0.2, 0.25) is 0 Å². The third-order valence-corrected chi connectivity index (χ3v) is 6.64. The molecule has 1 aromatic carbocycles. The maximum atomic E-state index is 13.6. The van der Waals surface area contributed by atoms with Crippen molar-refractivity contribution in [2.45, 2.75) is 43.9 Å². The summed E-state index contributed by atoms with van der Waals surface area (Å²) in [6.45, 7) is 6.82. The minimum atomic E-state index is -0.136. The molecule has 0 bridgehead atoms. The molecule has 0 radical (unpaired) electrons. The summed E-state index contributed by atoms with van der Waals surface area (Å²) in [5.74, 6) is 1.63. The Bertz CT molecular complexity index is 664. The number of guanidine groups is 1. The van der Waals surface area contributed by atoms with Gasteiger partial charge in [0.25, 0.3) is 0 Å². The van der Waals surface area contributed by atoms with Crippen LogP contribution in [0.25, 0.3) is 0 Å². The Morgan fingerprint density at radius 3 is 2.74 bits per heavy atom. The van der Waals surface area contributed by atoms with Crippen molar-refractivity contribution in [1.29, 1.82) is 0 Å². The van der Waals surface area contributed by atoms with E-state index in [-0.39, 0.29) is 11.2 Å². The molecule has 0 amide bonds. The van der Waals surface area contributed by atoms with Crippen molar-refractivity contribution in [2.75, 3.05) is 46.3 Å². The lowest BCUT2D eigenvalue weighted by Crippen LogP contribution is -2.43. The van der Waals surface area contributed by atoms with E-state index in [1.807, 2.05) is 13.1 Å². The molecular weight excluding hydrogens is 339 g/mol. The van der Waals surface area contributed by atoms with Crippen LogP contribution in [-0.2, 0) is 5.41 Å². The monoisotopic (exact) mass is 372 g/mol. The smallest absolute Gasteiger partial charge is 0.193 e. The van der Waals surface area contributed by atoms with E-state index in [4.69, 9.17) is 0 Å². The molecule has 5 heteroatoms. The molecule has 4 nitrogen and oxygen atoms in total. The number of rotatable bonds is 5. The summed E-state index contributed by atoms with van der Waals surface area (Å²) in [5.41, 5.74) is 1.21. The molecule has 148 valence electrons. The van der Waals surface area contributed by atoms with Gasteiger partial charge in [0.15, 0.2) is 5.96 Å². The number of piperidine rings is 1. The molecule has 1 N–H and O–H groups in total. The van der Waals surface area contributed by atoms with Crippen molar-refractivity contribution in [3.63, 3.8) is 0 Å². The van der Waals surface area contributed by atoms with Crippen LogP contribution in [-0.4, -0.2) is 62.1 Å². The number of nitrogens with zero attached hydrogens (tertiary/aromatic N) is 3. The van der Waals surface area contributed by atoms with Crippen LogP contribution in [0, 0.1) is 11.7 Å². The molecule has 1 aromatic rings. The highest BCUT2D eigenvalue weighted by Gasteiger charge is 2.44. The topological polar surface area (TPSA) is 30.9 Å². The molecule has 3 aliphatic rings. The Labute approximate surface area is 162 Å². The van der Waals surface area contributed by atoms with Gasteiger partial charge in [-0.3, -0.25) is 4.99 Å². The van der Waals surface area contributed by atoms with Crippen LogP contribution < -0.4 is 5.32 Å². The first-order chi connectivity index (χ1) is 13.2. The van der Waals surface area contributed by atoms with Crippen molar-refractivity contribution < 1.29 is 4.39 Å². The second-order valence-electron chi connectivity index (χ2n) is 8.65. The summed E-state index contributed by atoms with van der Waals surface area (Å²) in [6, 6.07) is 7.11. The van der Waals surface area contributed by atoms with E-state index in [0.29, 0.717) is 0 Å². The molecule has 1 unspecified atom stereocenters. The molecule has 0 aromatic heterocycles. The minimum absolute atomic E-state index is 0.0883. The fraction of sp³-hybridized carbons (Fsp3) is 0.682. The SMILES string of the molecule is CN=C(NCC1(c2cccc(F)c2)CC1)N1CCC(CN2CCCCC2)C1. The lowest BCUT2D eigenvalue weighted by molar-refractivity contribution is 0.198. The third kappa shape index (κ3) is 4.45. The minimum Gasteiger partial charge on any atom is -0.355 e. The molecule has 1 saturated carbocycles. The summed E-state index contributed by atoms with van der Waals surface area (Å²) in [4.78, 5) is 9.60. The molecule has 2 heterocycles. The van der Waals surface area contributed by atoms with E-state index in [9.17, 15) is 4.39 Å². The number of likely N-dealkylation sites (tertiary alicyclic amines) is 2. The summed E-state index contributed by atoms with van der Waals surface area (Å²) >= 11 is 0. The zero-order valence-electron chi connectivity index (χ0n) is 16.6. The summed E-state index contributed by atoms with van der Waals surface area (Å²) in [7, 11) is 1.88. The van der Waals surface area contributed by atoms with Crippen LogP contribution in [0.3, 0.4) is 0 Å². The average Bonchev–Trinajstić information content (AvgIpc) is 3.35. The third-order valence-electron chi connectivity index (χ3n) is 6.64. The summed E-state index contributed by atoms with van der Waals surface area (Å²) < 4.78 is 13.6. The average molecular weight is 373 g/mol. The van der Waals surface area contributed by atoms with Gasteiger partial charge in [0.05, 0.1) is 0 Å². The van der Waals surface area contributed by atoms with Gasteiger partial charge in [-0.1, -0.05) is 18.6 Å². The number of halogens is 1. The highest BCUT2D eigenvalue weighted by atomic mass is 19.1. The van der Waals surface area contributed by atoms with Gasteiger partial charge in [-0.05, 0) is 68.8 Å². The van der Waals surface area contributed by atoms with Gasteiger partial charge in [0, 0.05) is 38.6 Å². The van der Waals surface area contributed by atoms with Gasteiger partial charge in [-0.15, -0.1) is 0 Å². The molecule has 1 aliphatic carbocycles. The molecule has 4 rings (SSSR count). The first kappa shape index (κ1) is 18.7. The summed E-state index contributed by atoms with van der Waals surface area (Å²) in [6.07, 6.45) is 7.63. The van der Waals surface area contributed by atoms with Crippen LogP contribution in [0.1, 0.15) is 44.1 Å². The van der Waals surface area contributed by atoms with Gasteiger partial charge >= 0.3 is 0 Å². The van der Waals surface area contributed by atoms with E-state index in [1.165, 1.54) is 51.4 Å². The normalized spacial score (nSPS) is 25.6. The molecule has 1 atom stereocenters. The Morgan fingerprint density at radius 1 is 1.22 bits per heavy atom. The van der Waals surface area contributed by atoms with Crippen LogP contribution >= 0.6 is 0 Å². The predicted octanol–water partition coefficient (Wildman–Crippen LogP) is 3.24. The Balaban J connectivity index is 1.30. The maximum Gasteiger partial charge on any atom is 0.193 e. The molecule has 2 aliphatic heterocycles. The Morgan fingerprint density at radius 2 is 2.04 bits per heavy atom. The Kier molecular flexibility index (Phi) is 5.67. The standard InChI is InChI=1S/C22H33FN4/c1-24-21(25-17-22(9-10-22)19-6-5-7-20(23)14-19)27-13-8-18(16-27)15-26-11-3-2-4-12-26/h5-7,14,18H,2-4,8-13,15-17H2,1H3,(H,24,25). The number of nitrogens with one attached hydrogen (secondary N) is 1. The van der Waals surface area contributed by atoms with Crippen LogP contribution in [0.5, 0.6) is 0 Å². The molecular formula is C22H33FN4. The highest BCUT2D eigenvalue weighted by molar-refractivity contribution is 5.80. The van der Waals surface area contributed by atoms with Crippen molar-refractivity contribution in [3.8, 4) is 0 Å². The lowest BCUT2D eigenvalue weighted by atomic mass is 9.96. The maximum absolute atomic E-state index is 13.6. The van der Waals surface area contributed by atoms with E-state index in [1.54, 1.807) is 6.07 Å². The van der Waals surface area contributed by atoms with Gasteiger partial charge < -0.3 is 15.1 Å². The van der Waals surface area contributed by atoms with Gasteiger partial charge in [-0.2, -0.15) is 0 Å². The fourth-order valence-electron chi connectivity index (χ4n) is 4.80. The van der Waals surface area contributed by atoms with E-state index in [2.05, 4.69) is 26.2 Å². The van der Waals surface area contributed by atoms with Gasteiger partial charge in [-0.25, -0.2) is 4.39 Å². The summed E-state index contributed by atoms with van der Waals surface area (Å²) in [5, 5.41) is 3.60. The Hall–Kier alpha value is -1.62. The van der Waals surface area contributed by atoms with Crippen molar-refractivity contribution in [3.05, 3.63) is 35.6 Å². The van der Waals surface area contributed by atoms with Crippen molar-refractivity contribution >= 4 is 5.96 Å². The van der Waals surface area contributed by atoms with Gasteiger partial charge in [0.2, 0.25) is 0 Å². The molecule has 3 fully saturated rings. The highest BCUT2D eigenvalue weighted by Crippen LogP contribution is 2.47. The number of benzene rings is 1. The fourth-order valence-corrected chi connectivity index (χ4v) is 4.80. The van der Waals surface area contributed by atoms with Gasteiger partial charge in [0.1, 0.15) is 5.82 Å². The van der Waals surface area contributed by atoms with E-state index < -0.39 is 0 Å². The van der Waals surface area contributed by atoms with E-state index in [0.717, 1.165) is 49.9 Å². The number of aliphatic imine (C=N–C) groups is 1. The van der Waals surface area contributed by atoms with E-state index >= 15 is 0 Å². The van der Waals surface area contributed by atoms with Crippen LogP contribution in [0.15, 0.2) is 29.3 Å². The van der Waals surface area contributed by atoms with Crippen molar-refractivity contribution in [2.24, 2.45) is 10.9 Å². The zero-order chi connectivity index (χ0) is 18.7. The quantitative estimate of drug-likeness (QED) is 0.636. The molecule has 0 spiro atoms. The first-order valence-electron chi connectivity index (χ1n) is 10.6. The number of hydrogen-bond donors (Lipinski definition) is 1. The second-order valence-corrected chi connectivity index (χ2v) is 8.65. The van der Waals surface area contributed by atoms with Crippen molar-refractivity contribution in [1.82, 2.24) is 15.1 Å². The number of hydrogen-bond acceptors (Lipinski definition) is 2. The zero-order valence-corrected chi connectivity index (χ0v) is 16.6. The molecule has 2 saturated heterocycles. The van der Waals surface area contributed by atoms with Crippen LogP contribution in [0.4, 0.5) is 4.39 Å². The lowest BCUT2D eigenvalue weighted by Gasteiger charge is -2.29. The largest absolute Gasteiger partial charge is 0.355 e. The first-order valence-corrected chi connectivity index (χ1v) is 10.6.